The molecular weight excluding hydrogens is 378 g/mol. The van der Waals surface area contributed by atoms with Crippen molar-refractivity contribution in [3.63, 3.8) is 0 Å². The third-order valence-electron chi connectivity index (χ3n) is 5.42. The summed E-state index contributed by atoms with van der Waals surface area (Å²) >= 11 is 0. The summed E-state index contributed by atoms with van der Waals surface area (Å²) in [7, 11) is 0. The van der Waals surface area contributed by atoms with Crippen LogP contribution in [0.1, 0.15) is 40.7 Å². The zero-order valence-corrected chi connectivity index (χ0v) is 16.9. The van der Waals surface area contributed by atoms with Crippen molar-refractivity contribution in [2.24, 2.45) is 0 Å². The minimum absolute atomic E-state index is 0.228. The van der Waals surface area contributed by atoms with E-state index in [1.807, 2.05) is 6.07 Å². The molecule has 3 aromatic rings. The molecular formula is C24H25N3O3. The molecule has 0 aliphatic carbocycles. The average Bonchev–Trinajstić information content (AvgIpc) is 2.78. The van der Waals surface area contributed by atoms with E-state index in [9.17, 15) is 9.90 Å². The SMILES string of the molecule is CCc1ccc(Nc2ccc3c(c2)OCC[C@H]3CNc2cnccc2C(=O)O)cc1. The van der Waals surface area contributed by atoms with Gasteiger partial charge >= 0.3 is 5.97 Å². The summed E-state index contributed by atoms with van der Waals surface area (Å²) in [6.45, 7) is 3.39. The van der Waals surface area contributed by atoms with Gasteiger partial charge in [-0.3, -0.25) is 4.98 Å². The van der Waals surface area contributed by atoms with Gasteiger partial charge in [-0.2, -0.15) is 0 Å². The Kier molecular flexibility index (Phi) is 5.84. The molecule has 6 nitrogen and oxygen atoms in total. The molecule has 2 heterocycles. The molecule has 1 atom stereocenters. The van der Waals surface area contributed by atoms with Gasteiger partial charge in [-0.15, -0.1) is 0 Å². The highest BCUT2D eigenvalue weighted by Crippen LogP contribution is 2.36. The van der Waals surface area contributed by atoms with Crippen molar-refractivity contribution in [1.29, 1.82) is 0 Å². The second-order valence-corrected chi connectivity index (χ2v) is 7.37. The highest BCUT2D eigenvalue weighted by Gasteiger charge is 2.22. The van der Waals surface area contributed by atoms with E-state index in [1.54, 1.807) is 6.20 Å². The lowest BCUT2D eigenvalue weighted by Crippen LogP contribution is -2.21. The Labute approximate surface area is 175 Å². The predicted octanol–water partition coefficient (Wildman–Crippen LogP) is 5.06. The summed E-state index contributed by atoms with van der Waals surface area (Å²) < 4.78 is 5.91. The molecule has 0 fully saturated rings. The lowest BCUT2D eigenvalue weighted by molar-refractivity contribution is 0.0697. The van der Waals surface area contributed by atoms with Crippen LogP contribution in [0.3, 0.4) is 0 Å². The highest BCUT2D eigenvalue weighted by molar-refractivity contribution is 5.93. The van der Waals surface area contributed by atoms with Crippen LogP contribution in [-0.4, -0.2) is 29.2 Å². The number of pyridine rings is 1. The Hall–Kier alpha value is -3.54. The Morgan fingerprint density at radius 2 is 1.97 bits per heavy atom. The Morgan fingerprint density at radius 3 is 2.73 bits per heavy atom. The zero-order chi connectivity index (χ0) is 20.9. The van der Waals surface area contributed by atoms with Crippen molar-refractivity contribution < 1.29 is 14.6 Å². The largest absolute Gasteiger partial charge is 0.493 e. The van der Waals surface area contributed by atoms with Crippen LogP contribution in [0, 0.1) is 0 Å². The van der Waals surface area contributed by atoms with Crippen LogP contribution in [0.5, 0.6) is 5.75 Å². The van der Waals surface area contributed by atoms with Crippen LogP contribution in [-0.2, 0) is 6.42 Å². The monoisotopic (exact) mass is 403 g/mol. The fourth-order valence-electron chi connectivity index (χ4n) is 3.70. The van der Waals surface area contributed by atoms with E-state index >= 15 is 0 Å². The van der Waals surface area contributed by atoms with Crippen molar-refractivity contribution >= 4 is 23.0 Å². The molecule has 30 heavy (non-hydrogen) atoms. The Bertz CT molecular complexity index is 1030. The average molecular weight is 403 g/mol. The summed E-state index contributed by atoms with van der Waals surface area (Å²) in [5.41, 5.74) is 5.22. The van der Waals surface area contributed by atoms with Gasteiger partial charge in [0.1, 0.15) is 5.75 Å². The molecule has 0 bridgehead atoms. The lowest BCUT2D eigenvalue weighted by Gasteiger charge is -2.27. The van der Waals surface area contributed by atoms with Crippen LogP contribution in [0.2, 0.25) is 0 Å². The Balaban J connectivity index is 1.47. The normalized spacial score (nSPS) is 15.0. The molecule has 2 aromatic carbocycles. The molecule has 1 aliphatic heterocycles. The number of carboxylic acid groups (broad SMARTS) is 1. The first-order chi connectivity index (χ1) is 14.6. The number of aromatic carboxylic acids is 1. The standard InChI is InChI=1S/C24H25N3O3/c1-2-16-3-5-18(6-4-16)27-19-7-8-20-17(10-12-30-23(20)13-19)14-26-22-15-25-11-9-21(22)24(28)29/h3-9,11,13,15,17,26-27H,2,10,12,14H2,1H3,(H,28,29)/t17-/m0/s1. The van der Waals surface area contributed by atoms with Crippen LogP contribution in [0.4, 0.5) is 17.1 Å². The maximum Gasteiger partial charge on any atom is 0.337 e. The van der Waals surface area contributed by atoms with Gasteiger partial charge in [0, 0.05) is 36.1 Å². The van der Waals surface area contributed by atoms with Crippen molar-refractivity contribution in [1.82, 2.24) is 4.98 Å². The Morgan fingerprint density at radius 1 is 1.17 bits per heavy atom. The van der Waals surface area contributed by atoms with Crippen molar-refractivity contribution in [2.75, 3.05) is 23.8 Å². The third-order valence-corrected chi connectivity index (χ3v) is 5.42. The van der Waals surface area contributed by atoms with Gasteiger partial charge < -0.3 is 20.5 Å². The van der Waals surface area contributed by atoms with Crippen LogP contribution in [0.15, 0.2) is 60.9 Å². The minimum Gasteiger partial charge on any atom is -0.493 e. The molecule has 0 spiro atoms. The number of nitrogens with one attached hydrogen (secondary N) is 2. The second-order valence-electron chi connectivity index (χ2n) is 7.37. The minimum atomic E-state index is -0.963. The maximum atomic E-state index is 11.4. The number of aryl methyl sites for hydroxylation is 1. The number of anilines is 3. The molecule has 4 rings (SSSR count). The van der Waals surface area contributed by atoms with Gasteiger partial charge in [0.15, 0.2) is 0 Å². The number of hydrogen-bond donors (Lipinski definition) is 3. The predicted molar refractivity (Wildman–Crippen MR) is 118 cm³/mol. The molecule has 0 saturated heterocycles. The topological polar surface area (TPSA) is 83.5 Å². The van der Waals surface area contributed by atoms with Gasteiger partial charge in [-0.25, -0.2) is 4.79 Å². The molecule has 1 aromatic heterocycles. The number of ether oxygens (including phenoxy) is 1. The lowest BCUT2D eigenvalue weighted by atomic mass is 9.92. The molecule has 154 valence electrons. The van der Waals surface area contributed by atoms with Gasteiger partial charge in [0.05, 0.1) is 24.1 Å². The number of nitrogens with zero attached hydrogens (tertiary/aromatic N) is 1. The number of fused-ring (bicyclic) bond motifs is 1. The molecule has 3 N–H and O–H groups in total. The summed E-state index contributed by atoms with van der Waals surface area (Å²) in [4.78, 5) is 15.4. The molecule has 0 amide bonds. The maximum absolute atomic E-state index is 11.4. The molecule has 0 unspecified atom stereocenters. The number of rotatable bonds is 7. The van der Waals surface area contributed by atoms with Gasteiger partial charge in [-0.05, 0) is 48.2 Å². The van der Waals surface area contributed by atoms with E-state index in [1.165, 1.54) is 17.8 Å². The first-order valence-electron chi connectivity index (χ1n) is 10.2. The number of aromatic nitrogens is 1. The highest BCUT2D eigenvalue weighted by atomic mass is 16.5. The quantitative estimate of drug-likeness (QED) is 0.511. The van der Waals surface area contributed by atoms with E-state index in [-0.39, 0.29) is 11.5 Å². The summed E-state index contributed by atoms with van der Waals surface area (Å²) in [6.07, 6.45) is 4.94. The third kappa shape index (κ3) is 4.38. The fourth-order valence-corrected chi connectivity index (χ4v) is 3.70. The summed E-state index contributed by atoms with van der Waals surface area (Å²) in [5.74, 6) is 0.135. The zero-order valence-electron chi connectivity index (χ0n) is 16.9. The molecule has 0 saturated carbocycles. The van der Waals surface area contributed by atoms with Crippen LogP contribution in [0.25, 0.3) is 0 Å². The van der Waals surface area contributed by atoms with Crippen LogP contribution < -0.4 is 15.4 Å². The van der Waals surface area contributed by atoms with Gasteiger partial charge in [0.2, 0.25) is 0 Å². The second kappa shape index (κ2) is 8.86. The molecule has 6 heteroatoms. The fraction of sp³-hybridized carbons (Fsp3) is 0.250. The number of benzene rings is 2. The molecule has 0 radical (unpaired) electrons. The summed E-state index contributed by atoms with van der Waals surface area (Å²) in [5, 5.41) is 16.0. The van der Waals surface area contributed by atoms with Gasteiger partial charge in [0.25, 0.3) is 0 Å². The van der Waals surface area contributed by atoms with E-state index in [0.717, 1.165) is 35.5 Å². The van der Waals surface area contributed by atoms with Gasteiger partial charge in [-0.1, -0.05) is 25.1 Å². The number of carbonyl (C=O) groups is 1. The van der Waals surface area contributed by atoms with Crippen LogP contribution >= 0.6 is 0 Å². The van der Waals surface area contributed by atoms with Crippen molar-refractivity contribution in [3.05, 3.63) is 77.6 Å². The van der Waals surface area contributed by atoms with E-state index in [4.69, 9.17) is 4.74 Å². The summed E-state index contributed by atoms with van der Waals surface area (Å²) in [6, 6.07) is 16.1. The first kappa shape index (κ1) is 19.8. The smallest absolute Gasteiger partial charge is 0.337 e. The van der Waals surface area contributed by atoms with E-state index in [2.05, 4.69) is 58.9 Å². The van der Waals surface area contributed by atoms with Crippen molar-refractivity contribution in [3.8, 4) is 5.75 Å². The van der Waals surface area contributed by atoms with Crippen molar-refractivity contribution in [2.45, 2.75) is 25.7 Å². The van der Waals surface area contributed by atoms with E-state index in [0.29, 0.717) is 18.8 Å². The first-order valence-corrected chi connectivity index (χ1v) is 10.2. The number of hydrogen-bond acceptors (Lipinski definition) is 5. The van der Waals surface area contributed by atoms with E-state index < -0.39 is 5.97 Å². The molecule has 1 aliphatic rings. The number of carboxylic acids is 1.